The molecule has 0 saturated carbocycles. The summed E-state index contributed by atoms with van der Waals surface area (Å²) in [5.41, 5.74) is 8.39. The van der Waals surface area contributed by atoms with Gasteiger partial charge in [-0.1, -0.05) is 19.1 Å². The lowest BCUT2D eigenvalue weighted by Crippen LogP contribution is -2.70. The van der Waals surface area contributed by atoms with Crippen molar-refractivity contribution >= 4 is 29.5 Å². The van der Waals surface area contributed by atoms with Gasteiger partial charge in [0.05, 0.1) is 18.2 Å². The monoisotopic (exact) mass is 521 g/mol. The molecule has 38 heavy (non-hydrogen) atoms. The SMILES string of the molecule is CCC(NC(=O)N1C(=O)[C@H](Cc2cc(C)nc(N)c2)[C@H]1C(=O)N(C)c1ccnn1C)c1ccc(C)c(F)c1. The Morgan fingerprint density at radius 3 is 2.55 bits per heavy atom. The third-order valence-corrected chi connectivity index (χ3v) is 6.95. The standard InChI is InChI=1S/C27H32FN7O3/c1-6-21(18-8-7-15(2)20(28)14-18)32-27(38)35-24(26(37)33(4)23-9-10-30-34(23)5)19(25(35)36)12-17-11-16(3)31-22(29)13-17/h7-11,13-14,19,21,24H,6,12H2,1-5H3,(H2,29,31)(H,32,38)/t19-,21?,24+/m1/s1. The molecule has 2 aromatic heterocycles. The van der Waals surface area contributed by atoms with E-state index in [0.717, 1.165) is 10.5 Å². The number of carbonyl (C=O) groups excluding carboxylic acids is 3. The van der Waals surface area contributed by atoms with Crippen molar-refractivity contribution in [3.63, 3.8) is 0 Å². The lowest BCUT2D eigenvalue weighted by molar-refractivity contribution is -0.156. The van der Waals surface area contributed by atoms with Gasteiger partial charge in [0, 0.05) is 25.9 Å². The van der Waals surface area contributed by atoms with Crippen molar-refractivity contribution in [2.75, 3.05) is 17.7 Å². The molecule has 3 aromatic rings. The molecule has 10 nitrogen and oxygen atoms in total. The van der Waals surface area contributed by atoms with Crippen LogP contribution >= 0.6 is 0 Å². The van der Waals surface area contributed by atoms with Crippen LogP contribution in [-0.4, -0.2) is 50.6 Å². The predicted octanol–water partition coefficient (Wildman–Crippen LogP) is 3.05. The molecule has 1 aliphatic rings. The molecule has 1 unspecified atom stereocenters. The number of hydrogen-bond acceptors (Lipinski definition) is 6. The largest absolute Gasteiger partial charge is 0.384 e. The number of aromatic nitrogens is 3. The number of likely N-dealkylation sites (tertiary alicyclic amines) is 1. The van der Waals surface area contributed by atoms with Crippen LogP contribution in [0.2, 0.25) is 0 Å². The van der Waals surface area contributed by atoms with Crippen molar-refractivity contribution in [1.82, 2.24) is 25.0 Å². The molecule has 1 aliphatic heterocycles. The average Bonchev–Trinajstić information content (AvgIpc) is 3.30. The fourth-order valence-electron chi connectivity index (χ4n) is 4.87. The number of nitrogens with two attached hydrogens (primary N) is 1. The number of aryl methyl sites for hydroxylation is 3. The van der Waals surface area contributed by atoms with Crippen LogP contribution in [0.15, 0.2) is 42.6 Å². The second-order valence-electron chi connectivity index (χ2n) is 9.63. The molecule has 3 N–H and O–H groups in total. The van der Waals surface area contributed by atoms with Gasteiger partial charge in [0.1, 0.15) is 23.5 Å². The highest BCUT2D eigenvalue weighted by atomic mass is 19.1. The molecule has 4 amide bonds. The summed E-state index contributed by atoms with van der Waals surface area (Å²) in [5.74, 6) is -1.24. The minimum atomic E-state index is -1.05. The van der Waals surface area contributed by atoms with Crippen molar-refractivity contribution < 1.29 is 18.8 Å². The number of benzene rings is 1. The van der Waals surface area contributed by atoms with Gasteiger partial charge in [0.25, 0.3) is 5.91 Å². The molecule has 0 spiro atoms. The van der Waals surface area contributed by atoms with Crippen molar-refractivity contribution in [1.29, 1.82) is 0 Å². The number of rotatable bonds is 7. The fourth-order valence-corrected chi connectivity index (χ4v) is 4.87. The highest BCUT2D eigenvalue weighted by Gasteiger charge is 2.55. The second-order valence-corrected chi connectivity index (χ2v) is 9.63. The Morgan fingerprint density at radius 2 is 1.95 bits per heavy atom. The summed E-state index contributed by atoms with van der Waals surface area (Å²) in [5, 5.41) is 6.92. The van der Waals surface area contributed by atoms with Crippen LogP contribution in [-0.2, 0) is 23.1 Å². The Bertz CT molecular complexity index is 1370. The quantitative estimate of drug-likeness (QED) is 0.460. The molecule has 0 aliphatic carbocycles. The first-order valence-corrected chi connectivity index (χ1v) is 12.4. The summed E-state index contributed by atoms with van der Waals surface area (Å²) in [6.45, 7) is 5.29. The van der Waals surface area contributed by atoms with Crippen molar-refractivity contribution in [3.8, 4) is 0 Å². The first-order valence-electron chi connectivity index (χ1n) is 12.4. The molecule has 1 saturated heterocycles. The molecule has 1 fully saturated rings. The Morgan fingerprint density at radius 1 is 1.21 bits per heavy atom. The van der Waals surface area contributed by atoms with E-state index in [0.29, 0.717) is 34.9 Å². The van der Waals surface area contributed by atoms with E-state index in [1.54, 1.807) is 64.5 Å². The summed E-state index contributed by atoms with van der Waals surface area (Å²) >= 11 is 0. The van der Waals surface area contributed by atoms with Crippen LogP contribution < -0.4 is 16.0 Å². The number of imide groups is 1. The predicted molar refractivity (Wildman–Crippen MR) is 141 cm³/mol. The normalized spacial score (nSPS) is 17.6. The van der Waals surface area contributed by atoms with Crippen LogP contribution in [0.3, 0.4) is 0 Å². The van der Waals surface area contributed by atoms with E-state index in [9.17, 15) is 18.8 Å². The molecule has 3 heterocycles. The van der Waals surface area contributed by atoms with Crippen LogP contribution in [0.1, 0.15) is 41.8 Å². The van der Waals surface area contributed by atoms with Crippen LogP contribution in [0.5, 0.6) is 0 Å². The minimum Gasteiger partial charge on any atom is -0.384 e. The Labute approximate surface area is 220 Å². The van der Waals surface area contributed by atoms with E-state index in [1.165, 1.54) is 15.6 Å². The highest BCUT2D eigenvalue weighted by Crippen LogP contribution is 2.33. The van der Waals surface area contributed by atoms with Crippen molar-refractivity contribution in [3.05, 3.63) is 70.8 Å². The number of β-lactam (4-membered cyclic amide) rings is 1. The van der Waals surface area contributed by atoms with Gasteiger partial charge in [-0.05, 0) is 61.6 Å². The number of nitrogens with one attached hydrogen (secondary N) is 1. The molecule has 4 rings (SSSR count). The summed E-state index contributed by atoms with van der Waals surface area (Å²) in [7, 11) is 3.27. The van der Waals surface area contributed by atoms with Gasteiger partial charge >= 0.3 is 6.03 Å². The Balaban J connectivity index is 1.62. The summed E-state index contributed by atoms with van der Waals surface area (Å²) in [6, 6.07) is 7.59. The van der Waals surface area contributed by atoms with Gasteiger partial charge < -0.3 is 11.1 Å². The van der Waals surface area contributed by atoms with Crippen LogP contribution in [0.25, 0.3) is 0 Å². The molecule has 0 bridgehead atoms. The average molecular weight is 522 g/mol. The minimum absolute atomic E-state index is 0.214. The summed E-state index contributed by atoms with van der Waals surface area (Å²) in [4.78, 5) is 47.0. The Kier molecular flexibility index (Phi) is 7.47. The Hall–Kier alpha value is -4.28. The van der Waals surface area contributed by atoms with Crippen molar-refractivity contribution in [2.45, 2.75) is 45.7 Å². The maximum Gasteiger partial charge on any atom is 0.325 e. The lowest BCUT2D eigenvalue weighted by Gasteiger charge is -2.46. The molecule has 1 aromatic carbocycles. The fraction of sp³-hybridized carbons (Fsp3) is 0.370. The van der Waals surface area contributed by atoms with Gasteiger partial charge in [0.15, 0.2) is 0 Å². The second kappa shape index (κ2) is 10.6. The third kappa shape index (κ3) is 5.09. The molecular formula is C27H32FN7O3. The van der Waals surface area contributed by atoms with Crippen LogP contribution in [0.4, 0.5) is 20.8 Å². The molecule has 3 atom stereocenters. The van der Waals surface area contributed by atoms with E-state index in [-0.39, 0.29) is 12.2 Å². The number of nitrogens with zero attached hydrogens (tertiary/aromatic N) is 5. The van der Waals surface area contributed by atoms with E-state index < -0.39 is 35.8 Å². The number of pyridine rings is 1. The molecule has 11 heteroatoms. The van der Waals surface area contributed by atoms with Crippen molar-refractivity contribution in [2.24, 2.45) is 13.0 Å². The van der Waals surface area contributed by atoms with Gasteiger partial charge in [-0.2, -0.15) is 5.10 Å². The molecular weight excluding hydrogens is 489 g/mol. The zero-order chi connectivity index (χ0) is 27.7. The van der Waals surface area contributed by atoms with Gasteiger partial charge in [-0.25, -0.2) is 14.2 Å². The number of carbonyl (C=O) groups is 3. The van der Waals surface area contributed by atoms with E-state index in [1.807, 2.05) is 6.92 Å². The molecule has 200 valence electrons. The maximum atomic E-state index is 14.2. The topological polar surface area (TPSA) is 126 Å². The maximum absolute atomic E-state index is 14.2. The number of nitrogen functional groups attached to an aromatic ring is 1. The number of hydrogen-bond donors (Lipinski definition) is 2. The zero-order valence-electron chi connectivity index (χ0n) is 22.1. The number of urea groups is 1. The zero-order valence-corrected chi connectivity index (χ0v) is 22.1. The summed E-state index contributed by atoms with van der Waals surface area (Å²) < 4.78 is 15.7. The first kappa shape index (κ1) is 26.8. The van der Waals surface area contributed by atoms with Gasteiger partial charge in [-0.3, -0.25) is 24.1 Å². The number of halogens is 1. The van der Waals surface area contributed by atoms with Crippen LogP contribution in [0, 0.1) is 25.6 Å². The van der Waals surface area contributed by atoms with Gasteiger partial charge in [0.2, 0.25) is 5.91 Å². The smallest absolute Gasteiger partial charge is 0.325 e. The first-order chi connectivity index (χ1) is 18.0. The van der Waals surface area contributed by atoms with E-state index in [4.69, 9.17) is 5.73 Å². The molecule has 0 radical (unpaired) electrons. The lowest BCUT2D eigenvalue weighted by atomic mass is 9.81. The summed E-state index contributed by atoms with van der Waals surface area (Å²) in [6.07, 6.45) is 2.23. The third-order valence-electron chi connectivity index (χ3n) is 6.95. The number of amides is 4. The number of likely N-dealkylation sites (N-methyl/N-ethyl adjacent to an activating group) is 1. The van der Waals surface area contributed by atoms with Gasteiger partial charge in [-0.15, -0.1) is 0 Å². The van der Waals surface area contributed by atoms with E-state index >= 15 is 0 Å². The number of anilines is 2. The van der Waals surface area contributed by atoms with E-state index in [2.05, 4.69) is 15.4 Å². The highest BCUT2D eigenvalue weighted by molar-refractivity contribution is 6.12.